The lowest BCUT2D eigenvalue weighted by atomic mass is 9.82. The first kappa shape index (κ1) is 13.3. The first-order valence-electron chi connectivity index (χ1n) is 7.43. The highest BCUT2D eigenvalue weighted by Crippen LogP contribution is 2.38. The van der Waals surface area contributed by atoms with Gasteiger partial charge in [-0.05, 0) is 37.3 Å². The average molecular weight is 271 g/mol. The van der Waals surface area contributed by atoms with Crippen molar-refractivity contribution in [3.63, 3.8) is 0 Å². The van der Waals surface area contributed by atoms with Gasteiger partial charge in [0.05, 0.1) is 18.2 Å². The van der Waals surface area contributed by atoms with Crippen LogP contribution in [0.4, 0.5) is 0 Å². The van der Waals surface area contributed by atoms with Gasteiger partial charge in [-0.15, -0.1) is 0 Å². The number of fused-ring (bicyclic) bond motifs is 1. The molecule has 20 heavy (non-hydrogen) atoms. The summed E-state index contributed by atoms with van der Waals surface area (Å²) < 4.78 is 2.06. The Labute approximate surface area is 119 Å². The zero-order valence-corrected chi connectivity index (χ0v) is 11.9. The maximum atomic E-state index is 10.8. The fraction of sp³-hybridized carbons (Fsp3) is 0.500. The molecule has 2 atom stereocenters. The van der Waals surface area contributed by atoms with Crippen LogP contribution in [0.1, 0.15) is 55.2 Å². The van der Waals surface area contributed by atoms with Crippen molar-refractivity contribution < 1.29 is 5.11 Å². The van der Waals surface area contributed by atoms with Gasteiger partial charge < -0.3 is 9.67 Å². The summed E-state index contributed by atoms with van der Waals surface area (Å²) in [6, 6.07) is 4.11. The Balaban J connectivity index is 1.91. The molecule has 0 aliphatic heterocycles. The van der Waals surface area contributed by atoms with E-state index in [9.17, 15) is 5.11 Å². The Bertz CT molecular complexity index is 579. The number of hydrogen-bond donors (Lipinski definition) is 1. The maximum absolute atomic E-state index is 10.8. The van der Waals surface area contributed by atoms with E-state index in [1.165, 1.54) is 5.56 Å². The highest BCUT2D eigenvalue weighted by molar-refractivity contribution is 5.28. The molecular formula is C16H21N3O. The number of imidazole rings is 1. The third kappa shape index (κ3) is 2.36. The minimum absolute atomic E-state index is 0.0901. The SMILES string of the molecule is CCCn1cncc1C(O)C1CCCc2cccnc21. The van der Waals surface area contributed by atoms with Gasteiger partial charge in [-0.2, -0.15) is 0 Å². The van der Waals surface area contributed by atoms with Gasteiger partial charge >= 0.3 is 0 Å². The van der Waals surface area contributed by atoms with E-state index in [1.807, 2.05) is 18.6 Å². The number of nitrogens with zero attached hydrogens (tertiary/aromatic N) is 3. The lowest BCUT2D eigenvalue weighted by molar-refractivity contribution is 0.125. The smallest absolute Gasteiger partial charge is 0.104 e. The normalized spacial score (nSPS) is 19.6. The molecule has 106 valence electrons. The first-order valence-corrected chi connectivity index (χ1v) is 7.43. The van der Waals surface area contributed by atoms with Gasteiger partial charge in [0.25, 0.3) is 0 Å². The predicted octanol–water partition coefficient (Wildman–Crippen LogP) is 2.84. The van der Waals surface area contributed by atoms with Crippen LogP contribution in [0.3, 0.4) is 0 Å². The van der Waals surface area contributed by atoms with Gasteiger partial charge in [-0.1, -0.05) is 13.0 Å². The molecule has 0 spiro atoms. The molecule has 0 bridgehead atoms. The van der Waals surface area contributed by atoms with Crippen LogP contribution < -0.4 is 0 Å². The van der Waals surface area contributed by atoms with Gasteiger partial charge in [0, 0.05) is 24.4 Å². The summed E-state index contributed by atoms with van der Waals surface area (Å²) in [5.74, 6) is 0.0901. The van der Waals surface area contributed by atoms with Crippen LogP contribution >= 0.6 is 0 Å². The van der Waals surface area contributed by atoms with E-state index in [2.05, 4.69) is 27.5 Å². The topological polar surface area (TPSA) is 50.9 Å². The molecule has 1 aliphatic carbocycles. The van der Waals surface area contributed by atoms with E-state index in [4.69, 9.17) is 0 Å². The Morgan fingerprint density at radius 1 is 1.50 bits per heavy atom. The van der Waals surface area contributed by atoms with Crippen molar-refractivity contribution in [1.29, 1.82) is 0 Å². The zero-order valence-electron chi connectivity index (χ0n) is 11.9. The highest BCUT2D eigenvalue weighted by Gasteiger charge is 2.30. The molecule has 0 amide bonds. The monoisotopic (exact) mass is 271 g/mol. The number of hydrogen-bond acceptors (Lipinski definition) is 3. The largest absolute Gasteiger partial charge is 0.386 e. The first-order chi connectivity index (χ1) is 9.81. The minimum Gasteiger partial charge on any atom is -0.386 e. The molecule has 2 unspecified atom stereocenters. The summed E-state index contributed by atoms with van der Waals surface area (Å²) in [7, 11) is 0. The second kappa shape index (κ2) is 5.75. The van der Waals surface area contributed by atoms with Gasteiger partial charge in [-0.25, -0.2) is 4.98 Å². The van der Waals surface area contributed by atoms with E-state index >= 15 is 0 Å². The zero-order chi connectivity index (χ0) is 13.9. The quantitative estimate of drug-likeness (QED) is 0.930. The molecule has 1 N–H and O–H groups in total. The van der Waals surface area contributed by atoms with Gasteiger partial charge in [0.15, 0.2) is 0 Å². The number of aliphatic hydroxyl groups is 1. The van der Waals surface area contributed by atoms with E-state index in [1.54, 1.807) is 6.20 Å². The van der Waals surface area contributed by atoms with Crippen LogP contribution in [0.25, 0.3) is 0 Å². The number of aromatic nitrogens is 3. The van der Waals surface area contributed by atoms with Crippen molar-refractivity contribution in [3.8, 4) is 0 Å². The molecule has 3 rings (SSSR count). The molecule has 0 radical (unpaired) electrons. The fourth-order valence-electron chi connectivity index (χ4n) is 3.16. The second-order valence-corrected chi connectivity index (χ2v) is 5.50. The van der Waals surface area contributed by atoms with E-state index < -0.39 is 6.10 Å². The van der Waals surface area contributed by atoms with Crippen LogP contribution in [0, 0.1) is 0 Å². The molecule has 0 saturated heterocycles. The molecule has 4 nitrogen and oxygen atoms in total. The lowest BCUT2D eigenvalue weighted by Crippen LogP contribution is -2.20. The Kier molecular flexibility index (Phi) is 3.83. The summed E-state index contributed by atoms with van der Waals surface area (Å²) in [6.45, 7) is 3.03. The molecule has 4 heteroatoms. The van der Waals surface area contributed by atoms with Gasteiger partial charge in [0.2, 0.25) is 0 Å². The van der Waals surface area contributed by atoms with Crippen molar-refractivity contribution >= 4 is 0 Å². The summed E-state index contributed by atoms with van der Waals surface area (Å²) in [5.41, 5.74) is 3.26. The van der Waals surface area contributed by atoms with E-state index in [0.717, 1.165) is 43.6 Å². The van der Waals surface area contributed by atoms with Crippen molar-refractivity contribution in [3.05, 3.63) is 47.8 Å². The molecule has 0 aromatic carbocycles. The average Bonchev–Trinajstić information content (AvgIpc) is 2.94. The van der Waals surface area contributed by atoms with Crippen molar-refractivity contribution in [2.75, 3.05) is 0 Å². The second-order valence-electron chi connectivity index (χ2n) is 5.50. The highest BCUT2D eigenvalue weighted by atomic mass is 16.3. The van der Waals surface area contributed by atoms with Crippen molar-refractivity contribution in [2.24, 2.45) is 0 Å². The number of aliphatic hydroxyl groups excluding tert-OH is 1. The molecule has 0 fully saturated rings. The third-order valence-electron chi connectivity index (χ3n) is 4.13. The van der Waals surface area contributed by atoms with Gasteiger partial charge in [-0.3, -0.25) is 4.98 Å². The number of pyridine rings is 1. The molecule has 2 aromatic rings. The van der Waals surface area contributed by atoms with E-state index in [-0.39, 0.29) is 5.92 Å². The minimum atomic E-state index is -0.516. The molecular weight excluding hydrogens is 250 g/mol. The molecule has 2 aromatic heterocycles. The molecule has 2 heterocycles. The Hall–Kier alpha value is -1.68. The maximum Gasteiger partial charge on any atom is 0.104 e. The summed E-state index contributed by atoms with van der Waals surface area (Å²) in [4.78, 5) is 8.71. The standard InChI is InChI=1S/C16H21N3O/c1-2-9-19-11-17-10-14(19)16(20)13-7-3-5-12-6-4-8-18-15(12)13/h4,6,8,10-11,13,16,20H,2-3,5,7,9H2,1H3. The summed E-state index contributed by atoms with van der Waals surface area (Å²) >= 11 is 0. The van der Waals surface area contributed by atoms with Crippen molar-refractivity contribution in [1.82, 2.24) is 14.5 Å². The fourth-order valence-corrected chi connectivity index (χ4v) is 3.16. The number of rotatable bonds is 4. The van der Waals surface area contributed by atoms with Crippen LogP contribution in [-0.2, 0) is 13.0 Å². The van der Waals surface area contributed by atoms with Crippen molar-refractivity contribution in [2.45, 2.75) is 51.2 Å². The summed E-state index contributed by atoms with van der Waals surface area (Å²) in [5, 5.41) is 10.8. The number of aryl methyl sites for hydroxylation is 2. The molecule has 1 aliphatic rings. The summed E-state index contributed by atoms with van der Waals surface area (Å²) in [6.07, 6.45) is 9.12. The third-order valence-corrected chi connectivity index (χ3v) is 4.13. The Morgan fingerprint density at radius 2 is 2.40 bits per heavy atom. The predicted molar refractivity (Wildman–Crippen MR) is 77.4 cm³/mol. The van der Waals surface area contributed by atoms with Crippen LogP contribution in [0.15, 0.2) is 30.9 Å². The van der Waals surface area contributed by atoms with E-state index in [0.29, 0.717) is 0 Å². The Morgan fingerprint density at radius 3 is 3.25 bits per heavy atom. The van der Waals surface area contributed by atoms with Crippen LogP contribution in [-0.4, -0.2) is 19.6 Å². The lowest BCUT2D eigenvalue weighted by Gasteiger charge is -2.28. The molecule has 0 saturated carbocycles. The van der Waals surface area contributed by atoms with Crippen LogP contribution in [0.2, 0.25) is 0 Å². The van der Waals surface area contributed by atoms with Gasteiger partial charge in [0.1, 0.15) is 6.10 Å². The van der Waals surface area contributed by atoms with Crippen LogP contribution in [0.5, 0.6) is 0 Å².